The molecule has 0 aromatic heterocycles. The number of anilines is 2. The largest absolute Gasteiger partial charge is 0.369 e. The number of carbonyl (C=O) groups is 1. The minimum Gasteiger partial charge on any atom is -0.369 e. The molecule has 0 spiro atoms. The number of nitrogens with one attached hydrogen (secondary N) is 1. The topological polar surface area (TPSA) is 32.3 Å². The van der Waals surface area contributed by atoms with Gasteiger partial charge in [-0.25, -0.2) is 0 Å². The zero-order chi connectivity index (χ0) is 15.2. The third kappa shape index (κ3) is 4.23. The molecule has 1 aliphatic rings. The van der Waals surface area contributed by atoms with Gasteiger partial charge in [0, 0.05) is 29.9 Å². The van der Waals surface area contributed by atoms with Crippen LogP contribution >= 0.6 is 0 Å². The van der Waals surface area contributed by atoms with Crippen LogP contribution in [0, 0.1) is 5.92 Å². The van der Waals surface area contributed by atoms with E-state index < -0.39 is 0 Å². The van der Waals surface area contributed by atoms with Gasteiger partial charge in [-0.2, -0.15) is 0 Å². The summed E-state index contributed by atoms with van der Waals surface area (Å²) in [7, 11) is 0. The molecule has 1 aromatic carbocycles. The van der Waals surface area contributed by atoms with Gasteiger partial charge in [0.1, 0.15) is 0 Å². The second-order valence-electron chi connectivity index (χ2n) is 6.25. The summed E-state index contributed by atoms with van der Waals surface area (Å²) in [4.78, 5) is 14.6. The highest BCUT2D eigenvalue weighted by atomic mass is 16.1. The van der Waals surface area contributed by atoms with E-state index in [2.05, 4.69) is 43.1 Å². The van der Waals surface area contributed by atoms with Crippen LogP contribution in [-0.4, -0.2) is 18.5 Å². The lowest BCUT2D eigenvalue weighted by molar-refractivity contribution is -0.120. The van der Waals surface area contributed by atoms with Gasteiger partial charge in [-0.3, -0.25) is 4.79 Å². The molecule has 0 heterocycles. The SMILES string of the molecule is CCN(c1ccc(NC(=O)C2CCCCC2)cc1)C(C)C. The number of hydrogen-bond donors (Lipinski definition) is 1. The predicted octanol–water partition coefficient (Wildman–Crippen LogP) is 4.44. The standard InChI is InChI=1S/C18H28N2O/c1-4-20(14(2)3)17-12-10-16(11-13-17)19-18(21)15-8-6-5-7-9-15/h10-15H,4-9H2,1-3H3,(H,19,21). The van der Waals surface area contributed by atoms with Gasteiger partial charge in [0.15, 0.2) is 0 Å². The summed E-state index contributed by atoms with van der Waals surface area (Å²) in [5.41, 5.74) is 2.12. The smallest absolute Gasteiger partial charge is 0.227 e. The van der Waals surface area contributed by atoms with Gasteiger partial charge in [-0.1, -0.05) is 19.3 Å². The molecular weight excluding hydrogens is 260 g/mol. The number of carbonyl (C=O) groups excluding carboxylic acids is 1. The van der Waals surface area contributed by atoms with E-state index in [0.717, 1.165) is 25.1 Å². The number of hydrogen-bond acceptors (Lipinski definition) is 2. The molecule has 0 bridgehead atoms. The zero-order valence-corrected chi connectivity index (χ0v) is 13.6. The number of nitrogens with zero attached hydrogens (tertiary/aromatic N) is 1. The van der Waals surface area contributed by atoms with Crippen molar-refractivity contribution < 1.29 is 4.79 Å². The molecule has 1 amide bonds. The van der Waals surface area contributed by atoms with E-state index in [1.54, 1.807) is 0 Å². The van der Waals surface area contributed by atoms with Crippen LogP contribution in [0.4, 0.5) is 11.4 Å². The van der Waals surface area contributed by atoms with Crippen molar-refractivity contribution in [2.24, 2.45) is 5.92 Å². The fourth-order valence-electron chi connectivity index (χ4n) is 3.19. The lowest BCUT2D eigenvalue weighted by Gasteiger charge is -2.27. The maximum Gasteiger partial charge on any atom is 0.227 e. The molecule has 3 nitrogen and oxygen atoms in total. The van der Waals surface area contributed by atoms with Crippen LogP contribution in [0.15, 0.2) is 24.3 Å². The minimum absolute atomic E-state index is 0.193. The fraction of sp³-hybridized carbons (Fsp3) is 0.611. The molecule has 0 radical (unpaired) electrons. The first-order valence-corrected chi connectivity index (χ1v) is 8.29. The van der Waals surface area contributed by atoms with Crippen LogP contribution in [-0.2, 0) is 4.79 Å². The van der Waals surface area contributed by atoms with Crippen molar-refractivity contribution in [2.45, 2.75) is 58.9 Å². The zero-order valence-electron chi connectivity index (χ0n) is 13.6. The summed E-state index contributed by atoms with van der Waals surface area (Å²) in [6.45, 7) is 7.55. The molecule has 0 unspecified atom stereocenters. The van der Waals surface area contributed by atoms with Crippen LogP contribution < -0.4 is 10.2 Å². The molecule has 1 N–H and O–H groups in total. The Hall–Kier alpha value is -1.51. The van der Waals surface area contributed by atoms with Gasteiger partial charge in [-0.15, -0.1) is 0 Å². The van der Waals surface area contributed by atoms with E-state index in [1.165, 1.54) is 24.9 Å². The van der Waals surface area contributed by atoms with Crippen molar-refractivity contribution in [1.82, 2.24) is 0 Å². The van der Waals surface area contributed by atoms with E-state index in [9.17, 15) is 4.79 Å². The van der Waals surface area contributed by atoms with Crippen LogP contribution in [0.3, 0.4) is 0 Å². The first-order valence-electron chi connectivity index (χ1n) is 8.29. The van der Waals surface area contributed by atoms with Crippen LogP contribution in [0.1, 0.15) is 52.9 Å². The average molecular weight is 288 g/mol. The number of benzene rings is 1. The summed E-state index contributed by atoms with van der Waals surface area (Å²) >= 11 is 0. The third-order valence-corrected chi connectivity index (χ3v) is 4.41. The maximum atomic E-state index is 12.2. The molecule has 1 aromatic rings. The van der Waals surface area contributed by atoms with Crippen LogP contribution in [0.25, 0.3) is 0 Å². The van der Waals surface area contributed by atoms with E-state index in [0.29, 0.717) is 6.04 Å². The van der Waals surface area contributed by atoms with Gasteiger partial charge >= 0.3 is 0 Å². The van der Waals surface area contributed by atoms with Crippen molar-refractivity contribution in [3.63, 3.8) is 0 Å². The van der Waals surface area contributed by atoms with E-state index in [1.807, 2.05) is 12.1 Å². The molecular formula is C18H28N2O. The van der Waals surface area contributed by atoms with E-state index in [4.69, 9.17) is 0 Å². The normalized spacial score (nSPS) is 16.0. The quantitative estimate of drug-likeness (QED) is 0.868. The summed E-state index contributed by atoms with van der Waals surface area (Å²) in [6, 6.07) is 8.71. The molecule has 21 heavy (non-hydrogen) atoms. The van der Waals surface area contributed by atoms with E-state index in [-0.39, 0.29) is 11.8 Å². The average Bonchev–Trinajstić information content (AvgIpc) is 2.50. The Kier molecular flexibility index (Phi) is 5.66. The number of rotatable bonds is 5. The predicted molar refractivity (Wildman–Crippen MR) is 89.8 cm³/mol. The van der Waals surface area contributed by atoms with Crippen molar-refractivity contribution in [3.05, 3.63) is 24.3 Å². The van der Waals surface area contributed by atoms with Crippen LogP contribution in [0.5, 0.6) is 0 Å². The van der Waals surface area contributed by atoms with E-state index >= 15 is 0 Å². The molecule has 116 valence electrons. The number of amides is 1. The first kappa shape index (κ1) is 15.9. The van der Waals surface area contributed by atoms with Crippen molar-refractivity contribution in [1.29, 1.82) is 0 Å². The maximum absolute atomic E-state index is 12.2. The van der Waals surface area contributed by atoms with Crippen molar-refractivity contribution in [3.8, 4) is 0 Å². The molecule has 1 aliphatic carbocycles. The lowest BCUT2D eigenvalue weighted by atomic mass is 9.88. The Morgan fingerprint density at radius 2 is 1.81 bits per heavy atom. The van der Waals surface area contributed by atoms with Gasteiger partial charge < -0.3 is 10.2 Å². The Balaban J connectivity index is 1.97. The van der Waals surface area contributed by atoms with Gasteiger partial charge in [-0.05, 0) is 57.9 Å². The highest BCUT2D eigenvalue weighted by Crippen LogP contribution is 2.25. The molecule has 1 saturated carbocycles. The Morgan fingerprint density at radius 3 is 2.33 bits per heavy atom. The van der Waals surface area contributed by atoms with Crippen molar-refractivity contribution in [2.75, 3.05) is 16.8 Å². The Bertz CT molecular complexity index is 447. The highest BCUT2D eigenvalue weighted by Gasteiger charge is 2.21. The van der Waals surface area contributed by atoms with Gasteiger partial charge in [0.05, 0.1) is 0 Å². The molecule has 0 saturated heterocycles. The monoisotopic (exact) mass is 288 g/mol. The molecule has 0 aliphatic heterocycles. The summed E-state index contributed by atoms with van der Waals surface area (Å²) in [5, 5.41) is 3.07. The lowest BCUT2D eigenvalue weighted by Crippen LogP contribution is -2.30. The minimum atomic E-state index is 0.193. The first-order chi connectivity index (χ1) is 10.1. The fourth-order valence-corrected chi connectivity index (χ4v) is 3.19. The molecule has 1 fully saturated rings. The van der Waals surface area contributed by atoms with Crippen LogP contribution in [0.2, 0.25) is 0 Å². The summed E-state index contributed by atoms with van der Waals surface area (Å²) in [6.07, 6.45) is 5.75. The third-order valence-electron chi connectivity index (χ3n) is 4.41. The summed E-state index contributed by atoms with van der Waals surface area (Å²) < 4.78 is 0. The Labute approximate surface area is 128 Å². The molecule has 0 atom stereocenters. The van der Waals surface area contributed by atoms with Gasteiger partial charge in [0.25, 0.3) is 0 Å². The second kappa shape index (κ2) is 7.48. The second-order valence-corrected chi connectivity index (χ2v) is 6.25. The highest BCUT2D eigenvalue weighted by molar-refractivity contribution is 5.92. The Morgan fingerprint density at radius 1 is 1.19 bits per heavy atom. The molecule has 3 heteroatoms. The van der Waals surface area contributed by atoms with Gasteiger partial charge in [0.2, 0.25) is 5.91 Å². The summed E-state index contributed by atoms with van der Waals surface area (Å²) in [5.74, 6) is 0.403. The van der Waals surface area contributed by atoms with Crippen molar-refractivity contribution >= 4 is 17.3 Å². The molecule has 2 rings (SSSR count).